The molecule has 142 valence electrons. The van der Waals surface area contributed by atoms with Gasteiger partial charge >= 0.3 is 0 Å². The lowest BCUT2D eigenvalue weighted by Crippen LogP contribution is -2.31. The Labute approximate surface area is 158 Å². The molecule has 0 radical (unpaired) electrons. The number of carbonyl (C=O) groups is 1. The zero-order valence-electron chi connectivity index (χ0n) is 14.3. The number of hydrogen-bond acceptors (Lipinski definition) is 3. The molecule has 10 heteroatoms. The molecule has 0 bridgehead atoms. The summed E-state index contributed by atoms with van der Waals surface area (Å²) in [6, 6.07) is 3.01. The normalized spacial score (nSPS) is 12.8. The average Bonchev–Trinajstić information content (AvgIpc) is 2.95. The Morgan fingerprint density at radius 1 is 1.31 bits per heavy atom. The Morgan fingerprint density at radius 3 is 2.54 bits per heavy atom. The van der Waals surface area contributed by atoms with Crippen molar-refractivity contribution in [3.8, 4) is 0 Å². The third kappa shape index (κ3) is 4.49. The van der Waals surface area contributed by atoms with Crippen LogP contribution in [0.2, 0.25) is 0 Å². The molecule has 0 aliphatic heterocycles. The molecule has 0 spiro atoms. The van der Waals surface area contributed by atoms with Crippen molar-refractivity contribution in [2.45, 2.75) is 31.2 Å². The molecule has 2 N–H and O–H groups in total. The molecule has 1 aromatic carbocycles. The van der Waals surface area contributed by atoms with Crippen LogP contribution in [0, 0.1) is 11.6 Å². The number of sulfonamides is 1. The first-order chi connectivity index (χ1) is 12.0. The van der Waals surface area contributed by atoms with E-state index in [0.717, 1.165) is 6.07 Å². The maximum Gasteiger partial charge on any atom is 0.272 e. The van der Waals surface area contributed by atoms with Crippen molar-refractivity contribution < 1.29 is 22.0 Å². The Hall–Kier alpha value is -1.78. The molecular weight excluding hydrogens is 432 g/mol. The van der Waals surface area contributed by atoms with E-state index in [0.29, 0.717) is 6.42 Å². The minimum atomic E-state index is -3.77. The molecule has 1 atom stereocenters. The molecule has 0 unspecified atom stereocenters. The molecule has 1 aromatic heterocycles. The molecule has 0 aliphatic carbocycles. The van der Waals surface area contributed by atoms with E-state index in [1.165, 1.54) is 29.9 Å². The van der Waals surface area contributed by atoms with Crippen LogP contribution in [0.5, 0.6) is 0 Å². The van der Waals surface area contributed by atoms with Gasteiger partial charge in [0.05, 0.1) is 4.47 Å². The average molecular weight is 450 g/mol. The van der Waals surface area contributed by atoms with Gasteiger partial charge in [-0.2, -0.15) is 0 Å². The van der Waals surface area contributed by atoms with E-state index in [1.54, 1.807) is 6.92 Å². The molecule has 6 nitrogen and oxygen atoms in total. The van der Waals surface area contributed by atoms with Gasteiger partial charge in [0, 0.05) is 31.0 Å². The zero-order valence-corrected chi connectivity index (χ0v) is 16.7. The van der Waals surface area contributed by atoms with Crippen LogP contribution >= 0.6 is 15.9 Å². The number of nitrogens with zero attached hydrogens (tertiary/aromatic N) is 1. The van der Waals surface area contributed by atoms with Crippen LogP contribution in [0.25, 0.3) is 0 Å². The predicted molar refractivity (Wildman–Crippen MR) is 97.5 cm³/mol. The lowest BCUT2D eigenvalue weighted by molar-refractivity contribution is 0.101. The van der Waals surface area contributed by atoms with Crippen molar-refractivity contribution in [1.82, 2.24) is 9.29 Å². The monoisotopic (exact) mass is 449 g/mol. The summed E-state index contributed by atoms with van der Waals surface area (Å²) >= 11 is 2.86. The second-order valence-electron chi connectivity index (χ2n) is 5.81. The zero-order chi connectivity index (χ0) is 19.6. The first kappa shape index (κ1) is 20.5. The van der Waals surface area contributed by atoms with E-state index in [-0.39, 0.29) is 26.8 Å². The molecule has 0 aliphatic rings. The fourth-order valence-corrected chi connectivity index (χ4v) is 3.98. The number of nitrogens with one attached hydrogen (secondary N) is 2. The summed E-state index contributed by atoms with van der Waals surface area (Å²) in [6.07, 6.45) is 1.92. The molecule has 0 fully saturated rings. The van der Waals surface area contributed by atoms with Crippen molar-refractivity contribution >= 4 is 37.5 Å². The summed E-state index contributed by atoms with van der Waals surface area (Å²) in [5, 5.41) is 2.41. The summed E-state index contributed by atoms with van der Waals surface area (Å²) in [5.74, 6) is -2.84. The third-order valence-electron chi connectivity index (χ3n) is 3.73. The summed E-state index contributed by atoms with van der Waals surface area (Å²) in [7, 11) is -2.25. The van der Waals surface area contributed by atoms with Crippen molar-refractivity contribution in [2.75, 3.05) is 5.32 Å². The Kier molecular flexibility index (Phi) is 6.20. The molecule has 0 saturated carbocycles. The highest BCUT2D eigenvalue weighted by molar-refractivity contribution is 9.10. The Bertz CT molecular complexity index is 921. The van der Waals surface area contributed by atoms with Gasteiger partial charge < -0.3 is 9.88 Å². The number of rotatable bonds is 6. The minimum absolute atomic E-state index is 0.0316. The molecule has 1 heterocycles. The molecule has 26 heavy (non-hydrogen) atoms. The minimum Gasteiger partial charge on any atom is -0.345 e. The molecule has 2 rings (SSSR count). The van der Waals surface area contributed by atoms with Crippen molar-refractivity contribution in [3.05, 3.63) is 46.2 Å². The number of aromatic nitrogens is 1. The van der Waals surface area contributed by atoms with Gasteiger partial charge in [0.25, 0.3) is 5.91 Å². The molecule has 1 amide bonds. The second-order valence-corrected chi connectivity index (χ2v) is 8.38. The highest BCUT2D eigenvalue weighted by Gasteiger charge is 2.22. The van der Waals surface area contributed by atoms with Gasteiger partial charge in [0.15, 0.2) is 11.6 Å². The maximum atomic E-state index is 13.4. The summed E-state index contributed by atoms with van der Waals surface area (Å²) < 4.78 is 55.1. The number of hydrogen-bond donors (Lipinski definition) is 2. The largest absolute Gasteiger partial charge is 0.345 e. The van der Waals surface area contributed by atoms with E-state index in [2.05, 4.69) is 26.0 Å². The summed E-state index contributed by atoms with van der Waals surface area (Å²) in [4.78, 5) is 12.3. The number of anilines is 1. The summed E-state index contributed by atoms with van der Waals surface area (Å²) in [6.45, 7) is 3.58. The van der Waals surface area contributed by atoms with Crippen LogP contribution in [0.15, 0.2) is 33.8 Å². The fraction of sp³-hybridized carbons (Fsp3) is 0.312. The van der Waals surface area contributed by atoms with E-state index < -0.39 is 27.6 Å². The van der Waals surface area contributed by atoms with Crippen LogP contribution in [0.3, 0.4) is 0 Å². The van der Waals surface area contributed by atoms with Crippen molar-refractivity contribution in [3.63, 3.8) is 0 Å². The molecule has 0 saturated heterocycles. The number of carbonyl (C=O) groups excluding carboxylic acids is 1. The van der Waals surface area contributed by atoms with E-state index in [4.69, 9.17) is 0 Å². The Balaban J connectivity index is 2.27. The van der Waals surface area contributed by atoms with Crippen molar-refractivity contribution in [1.29, 1.82) is 0 Å². The standard InChI is InChI=1S/C16H18BrF2N3O3S/c1-4-9(2)21-26(24,25)11-7-14(22(3)8-11)16(23)20-10-5-12(17)15(19)13(18)6-10/h5-9,21H,4H2,1-3H3,(H,20,23)/t9-/m1/s1. The van der Waals surface area contributed by atoms with Gasteiger partial charge in [-0.1, -0.05) is 6.92 Å². The van der Waals surface area contributed by atoms with Crippen LogP contribution < -0.4 is 10.0 Å². The van der Waals surface area contributed by atoms with Gasteiger partial charge in [0.1, 0.15) is 10.6 Å². The smallest absolute Gasteiger partial charge is 0.272 e. The van der Waals surface area contributed by atoms with Crippen LogP contribution in [-0.4, -0.2) is 24.9 Å². The first-order valence-corrected chi connectivity index (χ1v) is 9.97. The predicted octanol–water partition coefficient (Wildman–Crippen LogP) is 3.39. The van der Waals surface area contributed by atoms with Gasteiger partial charge in [0.2, 0.25) is 10.0 Å². The van der Waals surface area contributed by atoms with E-state index >= 15 is 0 Å². The van der Waals surface area contributed by atoms with Gasteiger partial charge in [-0.05, 0) is 41.4 Å². The van der Waals surface area contributed by atoms with Crippen LogP contribution in [0.4, 0.5) is 14.5 Å². The lowest BCUT2D eigenvalue weighted by atomic mass is 10.3. The van der Waals surface area contributed by atoms with Gasteiger partial charge in [-0.15, -0.1) is 0 Å². The molecular formula is C16H18BrF2N3O3S. The van der Waals surface area contributed by atoms with Gasteiger partial charge in [-0.25, -0.2) is 21.9 Å². The quantitative estimate of drug-likeness (QED) is 0.663. The molecule has 2 aromatic rings. The number of aryl methyl sites for hydroxylation is 1. The third-order valence-corrected chi connectivity index (χ3v) is 5.87. The van der Waals surface area contributed by atoms with E-state index in [9.17, 15) is 22.0 Å². The number of halogens is 3. The maximum absolute atomic E-state index is 13.4. The first-order valence-electron chi connectivity index (χ1n) is 7.69. The van der Waals surface area contributed by atoms with Crippen molar-refractivity contribution in [2.24, 2.45) is 7.05 Å². The van der Waals surface area contributed by atoms with Gasteiger partial charge in [-0.3, -0.25) is 4.79 Å². The highest BCUT2D eigenvalue weighted by Crippen LogP contribution is 2.24. The van der Waals surface area contributed by atoms with Crippen LogP contribution in [0.1, 0.15) is 30.8 Å². The summed E-state index contributed by atoms with van der Waals surface area (Å²) in [5.41, 5.74) is 0.0829. The highest BCUT2D eigenvalue weighted by atomic mass is 79.9. The Morgan fingerprint density at radius 2 is 1.96 bits per heavy atom. The number of amides is 1. The topological polar surface area (TPSA) is 80.2 Å². The van der Waals surface area contributed by atoms with E-state index in [1.807, 2.05) is 6.92 Å². The van der Waals surface area contributed by atoms with Crippen LogP contribution in [-0.2, 0) is 17.1 Å². The second kappa shape index (κ2) is 7.85. The lowest BCUT2D eigenvalue weighted by Gasteiger charge is -2.10. The number of benzene rings is 1. The fourth-order valence-electron chi connectivity index (χ4n) is 2.15. The SMILES string of the molecule is CC[C@@H](C)NS(=O)(=O)c1cc(C(=O)Nc2cc(F)c(F)c(Br)c2)n(C)c1.